The third kappa shape index (κ3) is 7.63. The van der Waals surface area contributed by atoms with Crippen molar-refractivity contribution in [2.75, 3.05) is 25.0 Å². The third-order valence-corrected chi connectivity index (χ3v) is 5.98. The number of para-hydroxylation sites is 2. The summed E-state index contributed by atoms with van der Waals surface area (Å²) in [4.78, 5) is 31.2. The van der Waals surface area contributed by atoms with E-state index in [1.165, 1.54) is 0 Å². The number of amides is 3. The predicted octanol–water partition coefficient (Wildman–Crippen LogP) is 5.87. The quantitative estimate of drug-likeness (QED) is 0.374. The maximum atomic E-state index is 13.5. The van der Waals surface area contributed by atoms with Crippen LogP contribution in [-0.2, 0) is 17.9 Å². The van der Waals surface area contributed by atoms with Gasteiger partial charge >= 0.3 is 6.03 Å². The van der Waals surface area contributed by atoms with Gasteiger partial charge in [-0.3, -0.25) is 4.79 Å². The Morgan fingerprint density at radius 2 is 1.68 bits per heavy atom. The van der Waals surface area contributed by atoms with Crippen LogP contribution < -0.4 is 10.1 Å². The number of ether oxygens (including phenoxy) is 1. The fraction of sp³-hybridized carbons (Fsp3) is 0.333. The predicted molar refractivity (Wildman–Crippen MR) is 138 cm³/mol. The monoisotopic (exact) mass is 479 g/mol. The van der Waals surface area contributed by atoms with Gasteiger partial charge in [0.2, 0.25) is 5.91 Å². The first-order chi connectivity index (χ1) is 16.5. The Hall–Kier alpha value is -3.32. The summed E-state index contributed by atoms with van der Waals surface area (Å²) >= 11 is 1.62. The van der Waals surface area contributed by atoms with E-state index < -0.39 is 0 Å². The summed E-state index contributed by atoms with van der Waals surface area (Å²) in [6.45, 7) is 7.93. The van der Waals surface area contributed by atoms with Gasteiger partial charge in [-0.15, -0.1) is 11.3 Å². The number of nitrogens with one attached hydrogen (secondary N) is 1. The third-order valence-electron chi connectivity index (χ3n) is 5.12. The van der Waals surface area contributed by atoms with Crippen molar-refractivity contribution in [1.82, 2.24) is 9.80 Å². The van der Waals surface area contributed by atoms with E-state index in [0.717, 1.165) is 10.4 Å². The van der Waals surface area contributed by atoms with Gasteiger partial charge < -0.3 is 19.9 Å². The number of hydrogen-bond donors (Lipinski definition) is 1. The zero-order valence-electron chi connectivity index (χ0n) is 20.1. The highest BCUT2D eigenvalue weighted by Gasteiger charge is 2.23. The molecule has 2 aromatic carbocycles. The van der Waals surface area contributed by atoms with Crippen LogP contribution in [0, 0.1) is 5.92 Å². The molecule has 1 N–H and O–H groups in total. The maximum Gasteiger partial charge on any atom is 0.322 e. The summed E-state index contributed by atoms with van der Waals surface area (Å²) < 4.78 is 5.64. The Kier molecular flexibility index (Phi) is 9.52. The average molecular weight is 480 g/mol. The molecule has 180 valence electrons. The van der Waals surface area contributed by atoms with E-state index in [2.05, 4.69) is 5.32 Å². The number of anilines is 1. The molecule has 6 nitrogen and oxygen atoms in total. The lowest BCUT2D eigenvalue weighted by Gasteiger charge is -2.29. The van der Waals surface area contributed by atoms with Crippen molar-refractivity contribution >= 4 is 29.0 Å². The molecular weight excluding hydrogens is 446 g/mol. The molecule has 0 aliphatic rings. The molecule has 0 aliphatic carbocycles. The summed E-state index contributed by atoms with van der Waals surface area (Å²) in [7, 11) is 0. The Morgan fingerprint density at radius 1 is 0.941 bits per heavy atom. The minimum Gasteiger partial charge on any atom is -0.492 e. The molecule has 0 fully saturated rings. The van der Waals surface area contributed by atoms with Crippen LogP contribution in [0.2, 0.25) is 0 Å². The lowest BCUT2D eigenvalue weighted by atomic mass is 10.2. The minimum atomic E-state index is -0.315. The van der Waals surface area contributed by atoms with Crippen LogP contribution in [0.3, 0.4) is 0 Å². The molecule has 0 atom stereocenters. The van der Waals surface area contributed by atoms with E-state index in [1.807, 2.05) is 91.7 Å². The van der Waals surface area contributed by atoms with E-state index in [-0.39, 0.29) is 24.4 Å². The van der Waals surface area contributed by atoms with E-state index in [4.69, 9.17) is 4.74 Å². The van der Waals surface area contributed by atoms with Crippen molar-refractivity contribution in [2.24, 2.45) is 5.92 Å². The molecule has 1 heterocycles. The summed E-state index contributed by atoms with van der Waals surface area (Å²) in [5.41, 5.74) is 1.65. The molecule has 0 unspecified atom stereocenters. The normalized spacial score (nSPS) is 10.7. The molecule has 0 spiro atoms. The molecular formula is C27H33N3O3S. The summed E-state index contributed by atoms with van der Waals surface area (Å²) in [6, 6.07) is 21.0. The van der Waals surface area contributed by atoms with Crippen molar-refractivity contribution in [1.29, 1.82) is 0 Å². The Balaban J connectivity index is 1.76. The fourth-order valence-electron chi connectivity index (χ4n) is 3.60. The number of thiophene rings is 1. The van der Waals surface area contributed by atoms with Gasteiger partial charge in [0.1, 0.15) is 12.3 Å². The van der Waals surface area contributed by atoms with Crippen LogP contribution in [-0.4, -0.2) is 41.4 Å². The molecule has 3 amide bonds. The Labute approximate surface area is 206 Å². The molecule has 0 saturated carbocycles. The number of rotatable bonds is 11. The molecule has 3 aromatic rings. The standard InChI is InChI=1S/C27H33N3O3S/c1-4-33-25-15-9-8-14-24(25)28-27(32)30(17-21(2)3)20-26(31)29(19-23-13-10-16-34-23)18-22-11-6-5-7-12-22/h5-16,21H,4,17-20H2,1-3H3,(H,28,32). The minimum absolute atomic E-state index is 0.000968. The smallest absolute Gasteiger partial charge is 0.322 e. The zero-order chi connectivity index (χ0) is 24.3. The highest BCUT2D eigenvalue weighted by molar-refractivity contribution is 7.09. The molecule has 0 saturated heterocycles. The SMILES string of the molecule is CCOc1ccccc1NC(=O)N(CC(=O)N(Cc1ccccc1)Cc1cccs1)CC(C)C. The van der Waals surface area contributed by atoms with Crippen molar-refractivity contribution in [3.05, 3.63) is 82.6 Å². The largest absolute Gasteiger partial charge is 0.492 e. The highest BCUT2D eigenvalue weighted by Crippen LogP contribution is 2.24. The van der Waals surface area contributed by atoms with Gasteiger partial charge in [0, 0.05) is 18.0 Å². The number of urea groups is 1. The molecule has 1 aromatic heterocycles. The summed E-state index contributed by atoms with van der Waals surface area (Å²) in [6.07, 6.45) is 0. The highest BCUT2D eigenvalue weighted by atomic mass is 32.1. The van der Waals surface area contributed by atoms with Crippen molar-refractivity contribution in [2.45, 2.75) is 33.9 Å². The van der Waals surface area contributed by atoms with Crippen LogP contribution in [0.25, 0.3) is 0 Å². The second-order valence-corrected chi connectivity index (χ2v) is 9.48. The van der Waals surface area contributed by atoms with Crippen molar-refractivity contribution in [3.63, 3.8) is 0 Å². The number of nitrogens with zero attached hydrogens (tertiary/aromatic N) is 2. The molecule has 0 bridgehead atoms. The first-order valence-corrected chi connectivity index (χ1v) is 12.5. The van der Waals surface area contributed by atoms with Crippen LogP contribution >= 0.6 is 11.3 Å². The van der Waals surface area contributed by atoms with Crippen LogP contribution in [0.4, 0.5) is 10.5 Å². The second-order valence-electron chi connectivity index (χ2n) is 8.45. The number of carbonyl (C=O) groups is 2. The molecule has 34 heavy (non-hydrogen) atoms. The van der Waals surface area contributed by atoms with E-state index in [0.29, 0.717) is 37.7 Å². The topological polar surface area (TPSA) is 61.9 Å². The zero-order valence-corrected chi connectivity index (χ0v) is 20.9. The van der Waals surface area contributed by atoms with Crippen LogP contribution in [0.15, 0.2) is 72.1 Å². The van der Waals surface area contributed by atoms with Crippen molar-refractivity contribution < 1.29 is 14.3 Å². The second kappa shape index (κ2) is 12.8. The molecule has 3 rings (SSSR count). The fourth-order valence-corrected chi connectivity index (χ4v) is 4.32. The Morgan fingerprint density at radius 3 is 2.35 bits per heavy atom. The number of benzene rings is 2. The van der Waals surface area contributed by atoms with Crippen molar-refractivity contribution in [3.8, 4) is 5.75 Å². The molecule has 7 heteroatoms. The van der Waals surface area contributed by atoms with E-state index in [1.54, 1.807) is 22.3 Å². The first kappa shape index (κ1) is 25.3. The summed E-state index contributed by atoms with van der Waals surface area (Å²) in [5, 5.41) is 4.94. The number of hydrogen-bond acceptors (Lipinski definition) is 4. The van der Waals surface area contributed by atoms with Crippen LogP contribution in [0.5, 0.6) is 5.75 Å². The Bertz CT molecular complexity index is 1040. The van der Waals surface area contributed by atoms with Gasteiger partial charge in [-0.05, 0) is 42.0 Å². The maximum absolute atomic E-state index is 13.5. The van der Waals surface area contributed by atoms with Crippen LogP contribution in [0.1, 0.15) is 31.2 Å². The van der Waals surface area contributed by atoms with E-state index in [9.17, 15) is 9.59 Å². The molecule has 0 radical (unpaired) electrons. The first-order valence-electron chi connectivity index (χ1n) is 11.6. The summed E-state index contributed by atoms with van der Waals surface area (Å²) in [5.74, 6) is 0.726. The van der Waals surface area contributed by atoms with Gasteiger partial charge in [0.25, 0.3) is 0 Å². The lowest BCUT2D eigenvalue weighted by Crippen LogP contribution is -2.45. The number of carbonyl (C=O) groups excluding carboxylic acids is 2. The lowest BCUT2D eigenvalue weighted by molar-refractivity contribution is -0.133. The van der Waals surface area contributed by atoms with Gasteiger partial charge in [0.05, 0.1) is 18.8 Å². The average Bonchev–Trinajstić information content (AvgIpc) is 3.33. The van der Waals surface area contributed by atoms with E-state index >= 15 is 0 Å². The van der Waals surface area contributed by atoms with Gasteiger partial charge in [-0.1, -0.05) is 62.4 Å². The van der Waals surface area contributed by atoms with Gasteiger partial charge in [-0.25, -0.2) is 4.79 Å². The van der Waals surface area contributed by atoms with Gasteiger partial charge in [0.15, 0.2) is 0 Å². The molecule has 0 aliphatic heterocycles. The van der Waals surface area contributed by atoms with Gasteiger partial charge in [-0.2, -0.15) is 0 Å².